The molecule has 2 N–H and O–H groups in total. The van der Waals surface area contributed by atoms with Crippen LogP contribution in [0.5, 0.6) is 0 Å². The lowest BCUT2D eigenvalue weighted by atomic mass is 10.0. The number of aliphatic carboxylic acids is 1. The highest BCUT2D eigenvalue weighted by atomic mass is 32.2. The number of alkyl halides is 3. The molecule has 0 aromatic heterocycles. The fourth-order valence-electron chi connectivity index (χ4n) is 1.43. The van der Waals surface area contributed by atoms with Crippen molar-refractivity contribution in [2.45, 2.75) is 44.7 Å². The maximum Gasteiger partial charge on any atom is 0.441 e. The van der Waals surface area contributed by atoms with Gasteiger partial charge in [-0.15, -0.1) is 0 Å². The van der Waals surface area contributed by atoms with Crippen LogP contribution in [-0.4, -0.2) is 34.9 Å². The lowest BCUT2D eigenvalue weighted by Crippen LogP contribution is -2.29. The van der Waals surface area contributed by atoms with Gasteiger partial charge in [0.05, 0.1) is 5.92 Å². The summed E-state index contributed by atoms with van der Waals surface area (Å²) < 4.78 is 35.5. The molecule has 0 aromatic rings. The Morgan fingerprint density at radius 2 is 1.94 bits per heavy atom. The summed E-state index contributed by atoms with van der Waals surface area (Å²) in [5.74, 6) is -1.17. The van der Waals surface area contributed by atoms with E-state index in [1.54, 1.807) is 6.92 Å². The predicted molar refractivity (Wildman–Crippen MR) is 66.6 cm³/mol. The van der Waals surface area contributed by atoms with Crippen molar-refractivity contribution in [3.05, 3.63) is 0 Å². The zero-order chi connectivity index (χ0) is 14.2. The smallest absolute Gasteiger partial charge is 0.441 e. The molecule has 0 amide bonds. The minimum Gasteiger partial charge on any atom is -0.481 e. The van der Waals surface area contributed by atoms with Gasteiger partial charge in [-0.2, -0.15) is 13.2 Å². The van der Waals surface area contributed by atoms with Crippen LogP contribution in [-0.2, 0) is 4.79 Å². The van der Waals surface area contributed by atoms with E-state index < -0.39 is 11.5 Å². The fraction of sp³-hybridized carbons (Fsp3) is 0.909. The first-order valence-corrected chi connectivity index (χ1v) is 6.88. The SMILES string of the molecule is CC(CCCC(C)C(=O)O)NCCSC(F)(F)F. The molecule has 0 heterocycles. The Hall–Kier alpha value is -0.430. The van der Waals surface area contributed by atoms with Crippen LogP contribution in [0.4, 0.5) is 13.2 Å². The lowest BCUT2D eigenvalue weighted by Gasteiger charge is -2.14. The molecule has 2 atom stereocenters. The van der Waals surface area contributed by atoms with Crippen LogP contribution in [0.15, 0.2) is 0 Å². The van der Waals surface area contributed by atoms with Gasteiger partial charge in [-0.25, -0.2) is 0 Å². The molecular weight excluding hydrogens is 267 g/mol. The van der Waals surface area contributed by atoms with Gasteiger partial charge in [0.2, 0.25) is 0 Å². The van der Waals surface area contributed by atoms with Crippen molar-refractivity contribution in [1.29, 1.82) is 0 Å². The summed E-state index contributed by atoms with van der Waals surface area (Å²) in [5.41, 5.74) is -4.16. The van der Waals surface area contributed by atoms with E-state index in [0.29, 0.717) is 13.0 Å². The summed E-state index contributed by atoms with van der Waals surface area (Å²) in [6.45, 7) is 3.85. The van der Waals surface area contributed by atoms with E-state index >= 15 is 0 Å². The normalized spacial score (nSPS) is 15.4. The topological polar surface area (TPSA) is 49.3 Å². The van der Waals surface area contributed by atoms with Crippen LogP contribution in [0.2, 0.25) is 0 Å². The molecule has 0 rings (SSSR count). The first kappa shape index (κ1) is 17.6. The Morgan fingerprint density at radius 3 is 2.44 bits per heavy atom. The van der Waals surface area contributed by atoms with E-state index in [1.165, 1.54) is 0 Å². The Bertz CT molecular complexity index is 249. The molecule has 108 valence electrons. The van der Waals surface area contributed by atoms with Crippen molar-refractivity contribution in [1.82, 2.24) is 5.32 Å². The Balaban J connectivity index is 3.49. The molecular formula is C11H20F3NO2S. The third-order valence-electron chi connectivity index (χ3n) is 2.56. The molecule has 0 saturated carbocycles. The minimum absolute atomic E-state index is 0.000626. The van der Waals surface area contributed by atoms with E-state index in [4.69, 9.17) is 5.11 Å². The molecule has 0 radical (unpaired) electrons. The molecule has 0 bridgehead atoms. The van der Waals surface area contributed by atoms with Gasteiger partial charge in [-0.05, 0) is 31.5 Å². The van der Waals surface area contributed by atoms with E-state index in [9.17, 15) is 18.0 Å². The van der Waals surface area contributed by atoms with Gasteiger partial charge in [-0.3, -0.25) is 4.79 Å². The van der Waals surface area contributed by atoms with E-state index in [2.05, 4.69) is 5.32 Å². The summed E-state index contributed by atoms with van der Waals surface area (Å²) in [4.78, 5) is 10.6. The number of hydrogen-bond donors (Lipinski definition) is 2. The van der Waals surface area contributed by atoms with Gasteiger partial charge in [0.25, 0.3) is 0 Å². The molecule has 0 aliphatic heterocycles. The maximum atomic E-state index is 11.8. The van der Waals surface area contributed by atoms with Crippen molar-refractivity contribution in [3.63, 3.8) is 0 Å². The highest BCUT2D eigenvalue weighted by Crippen LogP contribution is 2.29. The van der Waals surface area contributed by atoms with Crippen LogP contribution in [0.3, 0.4) is 0 Å². The fourth-order valence-corrected chi connectivity index (χ4v) is 1.88. The number of thioether (sulfide) groups is 1. The Labute approximate surface area is 110 Å². The molecule has 7 heteroatoms. The van der Waals surface area contributed by atoms with Gasteiger partial charge in [0.1, 0.15) is 0 Å². The van der Waals surface area contributed by atoms with Crippen molar-refractivity contribution >= 4 is 17.7 Å². The summed E-state index contributed by atoms with van der Waals surface area (Å²) >= 11 is -0.0320. The van der Waals surface area contributed by atoms with Crippen LogP contribution < -0.4 is 5.32 Å². The number of hydrogen-bond acceptors (Lipinski definition) is 3. The van der Waals surface area contributed by atoms with E-state index in [1.807, 2.05) is 6.92 Å². The van der Waals surface area contributed by atoms with Crippen molar-refractivity contribution in [3.8, 4) is 0 Å². The molecule has 0 spiro atoms. The van der Waals surface area contributed by atoms with E-state index in [-0.39, 0.29) is 29.5 Å². The zero-order valence-electron chi connectivity index (χ0n) is 10.6. The average Bonchev–Trinajstić information content (AvgIpc) is 2.22. The van der Waals surface area contributed by atoms with E-state index in [0.717, 1.165) is 12.8 Å². The highest BCUT2D eigenvalue weighted by molar-refractivity contribution is 8.00. The molecule has 0 aromatic carbocycles. The van der Waals surface area contributed by atoms with Gasteiger partial charge in [0, 0.05) is 18.3 Å². The van der Waals surface area contributed by atoms with Gasteiger partial charge < -0.3 is 10.4 Å². The van der Waals surface area contributed by atoms with Crippen molar-refractivity contribution < 1.29 is 23.1 Å². The number of nitrogens with one attached hydrogen (secondary N) is 1. The Kier molecular flexibility index (Phi) is 8.43. The second-order valence-corrected chi connectivity index (χ2v) is 5.48. The number of rotatable bonds is 9. The molecule has 0 fully saturated rings. The van der Waals surface area contributed by atoms with Gasteiger partial charge in [-0.1, -0.05) is 13.3 Å². The third kappa shape index (κ3) is 10.7. The van der Waals surface area contributed by atoms with Crippen LogP contribution in [0.25, 0.3) is 0 Å². The van der Waals surface area contributed by atoms with Crippen LogP contribution in [0, 0.1) is 5.92 Å². The molecule has 0 saturated heterocycles. The number of carbonyl (C=O) groups is 1. The summed E-state index contributed by atoms with van der Waals surface area (Å²) in [6.07, 6.45) is 2.13. The monoisotopic (exact) mass is 287 g/mol. The van der Waals surface area contributed by atoms with Gasteiger partial charge in [0.15, 0.2) is 0 Å². The summed E-state index contributed by atoms with van der Waals surface area (Å²) in [5, 5.41) is 11.7. The molecule has 2 unspecified atom stereocenters. The van der Waals surface area contributed by atoms with Crippen molar-refractivity contribution in [2.24, 2.45) is 5.92 Å². The first-order valence-electron chi connectivity index (χ1n) is 5.89. The molecule has 18 heavy (non-hydrogen) atoms. The third-order valence-corrected chi connectivity index (χ3v) is 3.29. The van der Waals surface area contributed by atoms with Crippen LogP contribution >= 0.6 is 11.8 Å². The highest BCUT2D eigenvalue weighted by Gasteiger charge is 2.27. The molecule has 0 aliphatic rings. The zero-order valence-corrected chi connectivity index (χ0v) is 11.4. The summed E-state index contributed by atoms with van der Waals surface area (Å²) in [7, 11) is 0. The Morgan fingerprint density at radius 1 is 1.33 bits per heavy atom. The van der Waals surface area contributed by atoms with Gasteiger partial charge >= 0.3 is 11.5 Å². The maximum absolute atomic E-state index is 11.8. The van der Waals surface area contributed by atoms with Crippen LogP contribution in [0.1, 0.15) is 33.1 Å². The lowest BCUT2D eigenvalue weighted by molar-refractivity contribution is -0.141. The number of halogens is 3. The largest absolute Gasteiger partial charge is 0.481 e. The second kappa shape index (κ2) is 8.63. The van der Waals surface area contributed by atoms with Crippen molar-refractivity contribution in [2.75, 3.05) is 12.3 Å². The number of carboxylic acids is 1. The molecule has 0 aliphatic carbocycles. The molecule has 3 nitrogen and oxygen atoms in total. The summed E-state index contributed by atoms with van der Waals surface area (Å²) in [6, 6.07) is 0.111. The predicted octanol–water partition coefficient (Wildman–Crippen LogP) is 3.11. The average molecular weight is 287 g/mol. The first-order chi connectivity index (χ1) is 8.22. The quantitative estimate of drug-likeness (QED) is 0.640. The standard InChI is InChI=1S/C11H20F3NO2S/c1-8(10(16)17)4-3-5-9(2)15-6-7-18-11(12,13)14/h8-9,15H,3-7H2,1-2H3,(H,16,17). The number of carboxylic acid groups (broad SMARTS) is 1. The second-order valence-electron chi connectivity index (χ2n) is 4.32. The minimum atomic E-state index is -4.16.